The third kappa shape index (κ3) is 2.25. The summed E-state index contributed by atoms with van der Waals surface area (Å²) in [5.74, 6) is 1.32. The van der Waals surface area contributed by atoms with Crippen LogP contribution in [-0.2, 0) is 6.42 Å². The van der Waals surface area contributed by atoms with Crippen LogP contribution < -0.4 is 5.73 Å². The summed E-state index contributed by atoms with van der Waals surface area (Å²) in [5.41, 5.74) is 7.23. The standard InChI is InChI=1S/C13H14N4O/c14-13(18)9-3-4-15-10(6-9)11-7-16-12(17-11)5-8-1-2-8/h3-4,6-8H,1-2,5H2,(H2,14,18)(H,16,17). The van der Waals surface area contributed by atoms with E-state index in [0.29, 0.717) is 11.3 Å². The van der Waals surface area contributed by atoms with E-state index >= 15 is 0 Å². The Balaban J connectivity index is 1.86. The van der Waals surface area contributed by atoms with Crippen molar-refractivity contribution in [3.63, 3.8) is 0 Å². The van der Waals surface area contributed by atoms with Crippen LogP contribution >= 0.6 is 0 Å². The maximum atomic E-state index is 11.1. The Labute approximate surface area is 104 Å². The molecule has 1 saturated carbocycles. The molecular formula is C13H14N4O. The molecule has 2 aromatic heterocycles. The minimum Gasteiger partial charge on any atom is -0.366 e. The molecule has 0 atom stereocenters. The van der Waals surface area contributed by atoms with E-state index in [1.807, 2.05) is 0 Å². The molecule has 2 aromatic rings. The number of hydrogen-bond acceptors (Lipinski definition) is 3. The van der Waals surface area contributed by atoms with E-state index in [4.69, 9.17) is 5.73 Å². The lowest BCUT2D eigenvalue weighted by Gasteiger charge is -1.99. The first-order valence-electron chi connectivity index (χ1n) is 6.02. The van der Waals surface area contributed by atoms with Crippen molar-refractivity contribution in [3.05, 3.63) is 35.9 Å². The Morgan fingerprint density at radius 1 is 1.44 bits per heavy atom. The lowest BCUT2D eigenvalue weighted by Crippen LogP contribution is -2.11. The van der Waals surface area contributed by atoms with Gasteiger partial charge in [-0.05, 0) is 30.9 Å². The Kier molecular flexibility index (Phi) is 2.59. The van der Waals surface area contributed by atoms with Crippen molar-refractivity contribution >= 4 is 5.91 Å². The smallest absolute Gasteiger partial charge is 0.248 e. The van der Waals surface area contributed by atoms with Crippen LogP contribution in [0.2, 0.25) is 0 Å². The van der Waals surface area contributed by atoms with Gasteiger partial charge >= 0.3 is 0 Å². The molecule has 5 nitrogen and oxygen atoms in total. The Morgan fingerprint density at radius 3 is 3.00 bits per heavy atom. The largest absolute Gasteiger partial charge is 0.366 e. The van der Waals surface area contributed by atoms with E-state index in [9.17, 15) is 4.79 Å². The first-order chi connectivity index (χ1) is 8.72. The van der Waals surface area contributed by atoms with E-state index in [-0.39, 0.29) is 0 Å². The minimum absolute atomic E-state index is 0.448. The molecule has 1 fully saturated rings. The fourth-order valence-electron chi connectivity index (χ4n) is 1.92. The number of carbonyl (C=O) groups excluding carboxylic acids is 1. The second kappa shape index (κ2) is 4.25. The molecule has 2 heterocycles. The van der Waals surface area contributed by atoms with Crippen LogP contribution in [-0.4, -0.2) is 20.9 Å². The van der Waals surface area contributed by atoms with E-state index in [1.165, 1.54) is 12.8 Å². The van der Waals surface area contributed by atoms with Crippen molar-refractivity contribution in [1.82, 2.24) is 15.0 Å². The van der Waals surface area contributed by atoms with Crippen molar-refractivity contribution < 1.29 is 4.79 Å². The third-order valence-electron chi connectivity index (χ3n) is 3.13. The summed E-state index contributed by atoms with van der Waals surface area (Å²) in [6, 6.07) is 3.28. The van der Waals surface area contributed by atoms with Crippen LogP contribution in [0.5, 0.6) is 0 Å². The zero-order chi connectivity index (χ0) is 12.5. The normalized spacial score (nSPS) is 14.7. The maximum absolute atomic E-state index is 11.1. The average Bonchev–Trinajstić information content (AvgIpc) is 3.05. The number of imidazole rings is 1. The summed E-state index contributed by atoms with van der Waals surface area (Å²) in [6.07, 6.45) is 6.92. The van der Waals surface area contributed by atoms with Gasteiger partial charge in [0.05, 0.1) is 17.6 Å². The van der Waals surface area contributed by atoms with E-state index in [1.54, 1.807) is 24.5 Å². The lowest BCUT2D eigenvalue weighted by atomic mass is 10.2. The van der Waals surface area contributed by atoms with Crippen LogP contribution in [0.4, 0.5) is 0 Å². The van der Waals surface area contributed by atoms with Crippen molar-refractivity contribution in [2.45, 2.75) is 19.3 Å². The quantitative estimate of drug-likeness (QED) is 0.852. The molecule has 1 amide bonds. The van der Waals surface area contributed by atoms with Gasteiger partial charge in [-0.1, -0.05) is 0 Å². The van der Waals surface area contributed by atoms with Crippen molar-refractivity contribution in [3.8, 4) is 11.4 Å². The monoisotopic (exact) mass is 242 g/mol. The highest BCUT2D eigenvalue weighted by Gasteiger charge is 2.22. The highest BCUT2D eigenvalue weighted by Crippen LogP contribution is 2.32. The number of aromatic nitrogens is 3. The molecular weight excluding hydrogens is 228 g/mol. The molecule has 0 aromatic carbocycles. The molecule has 18 heavy (non-hydrogen) atoms. The predicted molar refractivity (Wildman–Crippen MR) is 66.8 cm³/mol. The number of carbonyl (C=O) groups is 1. The van der Waals surface area contributed by atoms with Gasteiger partial charge in [-0.2, -0.15) is 0 Å². The zero-order valence-electron chi connectivity index (χ0n) is 9.89. The topological polar surface area (TPSA) is 84.7 Å². The van der Waals surface area contributed by atoms with Gasteiger partial charge in [0.1, 0.15) is 5.82 Å². The number of aromatic amines is 1. The number of amides is 1. The molecule has 5 heteroatoms. The second-order valence-electron chi connectivity index (χ2n) is 4.69. The SMILES string of the molecule is NC(=O)c1ccnc(-c2cnc(CC3CC3)[nH]2)c1. The minimum atomic E-state index is -0.448. The van der Waals surface area contributed by atoms with Crippen molar-refractivity contribution in [1.29, 1.82) is 0 Å². The maximum Gasteiger partial charge on any atom is 0.248 e. The highest BCUT2D eigenvalue weighted by molar-refractivity contribution is 5.93. The number of H-pyrrole nitrogens is 1. The molecule has 1 aliphatic carbocycles. The van der Waals surface area contributed by atoms with Gasteiger partial charge in [0.2, 0.25) is 5.91 Å². The molecule has 3 N–H and O–H groups in total. The number of hydrogen-bond donors (Lipinski definition) is 2. The summed E-state index contributed by atoms with van der Waals surface area (Å²) >= 11 is 0. The summed E-state index contributed by atoms with van der Waals surface area (Å²) in [6.45, 7) is 0. The van der Waals surface area contributed by atoms with Crippen molar-refractivity contribution in [2.24, 2.45) is 11.7 Å². The van der Waals surface area contributed by atoms with Gasteiger partial charge in [0.15, 0.2) is 0 Å². The molecule has 92 valence electrons. The predicted octanol–water partition coefficient (Wildman–Crippen LogP) is 1.52. The van der Waals surface area contributed by atoms with Crippen LogP contribution in [0.25, 0.3) is 11.4 Å². The molecule has 0 spiro atoms. The average molecular weight is 242 g/mol. The van der Waals surface area contributed by atoms with Gasteiger partial charge in [0.25, 0.3) is 0 Å². The molecule has 1 aliphatic rings. The molecule has 0 bridgehead atoms. The fraction of sp³-hybridized carbons (Fsp3) is 0.308. The molecule has 0 aliphatic heterocycles. The van der Waals surface area contributed by atoms with Crippen LogP contribution in [0.3, 0.4) is 0 Å². The fourth-order valence-corrected chi connectivity index (χ4v) is 1.92. The molecule has 0 saturated heterocycles. The van der Waals surface area contributed by atoms with Gasteiger partial charge < -0.3 is 10.7 Å². The van der Waals surface area contributed by atoms with Gasteiger partial charge in [-0.3, -0.25) is 9.78 Å². The Hall–Kier alpha value is -2.17. The van der Waals surface area contributed by atoms with Crippen LogP contribution in [0, 0.1) is 5.92 Å². The first-order valence-corrected chi connectivity index (χ1v) is 6.02. The van der Waals surface area contributed by atoms with E-state index in [0.717, 1.165) is 23.9 Å². The number of primary amides is 1. The number of nitrogens with one attached hydrogen (secondary N) is 1. The first kappa shape index (κ1) is 11.0. The van der Waals surface area contributed by atoms with E-state index < -0.39 is 5.91 Å². The number of nitrogens with two attached hydrogens (primary N) is 1. The molecule has 3 rings (SSSR count). The summed E-state index contributed by atoms with van der Waals surface area (Å²) in [4.78, 5) is 22.9. The second-order valence-corrected chi connectivity index (χ2v) is 4.69. The van der Waals surface area contributed by atoms with Gasteiger partial charge in [0, 0.05) is 18.2 Å². The molecule has 0 unspecified atom stereocenters. The van der Waals surface area contributed by atoms with Gasteiger partial charge in [-0.15, -0.1) is 0 Å². The lowest BCUT2D eigenvalue weighted by molar-refractivity contribution is 0.1000. The Morgan fingerprint density at radius 2 is 2.28 bits per heavy atom. The highest BCUT2D eigenvalue weighted by atomic mass is 16.1. The number of pyridine rings is 1. The summed E-state index contributed by atoms with van der Waals surface area (Å²) in [7, 11) is 0. The van der Waals surface area contributed by atoms with Crippen molar-refractivity contribution in [2.75, 3.05) is 0 Å². The van der Waals surface area contributed by atoms with Gasteiger partial charge in [-0.25, -0.2) is 4.98 Å². The third-order valence-corrected chi connectivity index (χ3v) is 3.13. The van der Waals surface area contributed by atoms with E-state index in [2.05, 4.69) is 15.0 Å². The summed E-state index contributed by atoms with van der Waals surface area (Å²) < 4.78 is 0. The summed E-state index contributed by atoms with van der Waals surface area (Å²) in [5, 5.41) is 0. The number of nitrogens with zero attached hydrogens (tertiary/aromatic N) is 2. The molecule has 0 radical (unpaired) electrons. The van der Waals surface area contributed by atoms with Crippen LogP contribution in [0.15, 0.2) is 24.5 Å². The zero-order valence-corrected chi connectivity index (χ0v) is 9.89. The Bertz CT molecular complexity index is 586. The number of rotatable bonds is 4. The van der Waals surface area contributed by atoms with Crippen LogP contribution in [0.1, 0.15) is 29.0 Å².